The van der Waals surface area contributed by atoms with Gasteiger partial charge in [0.2, 0.25) is 0 Å². The van der Waals surface area contributed by atoms with Crippen LogP contribution in [0.4, 0.5) is 0 Å². The summed E-state index contributed by atoms with van der Waals surface area (Å²) < 4.78 is 7.25. The fraction of sp³-hybridized carbons (Fsp3) is 0.429. The van der Waals surface area contributed by atoms with Crippen molar-refractivity contribution in [1.29, 1.82) is 0 Å². The summed E-state index contributed by atoms with van der Waals surface area (Å²) in [6.07, 6.45) is 1.28. The van der Waals surface area contributed by atoms with Gasteiger partial charge in [-0.1, -0.05) is 53.2 Å². The minimum Gasteiger partial charge on any atom is -0.489 e. The standard InChI is InChI=1S/C21H27BrN2O/c1-2-20(25-21-10-8-19(22)9-11-21)17-24-14-12-23(13-15-24)16-18-6-4-3-5-7-18/h3-11,20H,2,12-17H2,1H3. The highest BCUT2D eigenvalue weighted by Crippen LogP contribution is 2.19. The summed E-state index contributed by atoms with van der Waals surface area (Å²) in [5.41, 5.74) is 1.40. The van der Waals surface area contributed by atoms with E-state index in [-0.39, 0.29) is 6.10 Å². The van der Waals surface area contributed by atoms with Crippen molar-refractivity contribution in [2.75, 3.05) is 32.7 Å². The van der Waals surface area contributed by atoms with E-state index in [1.165, 1.54) is 5.56 Å². The molecule has 0 N–H and O–H groups in total. The maximum Gasteiger partial charge on any atom is 0.119 e. The molecule has 0 saturated carbocycles. The van der Waals surface area contributed by atoms with E-state index in [1.54, 1.807) is 0 Å². The van der Waals surface area contributed by atoms with Crippen molar-refractivity contribution in [2.45, 2.75) is 26.0 Å². The van der Waals surface area contributed by atoms with Crippen LogP contribution in [-0.2, 0) is 6.54 Å². The molecule has 1 saturated heterocycles. The molecule has 3 nitrogen and oxygen atoms in total. The van der Waals surface area contributed by atoms with Crippen LogP contribution in [0.2, 0.25) is 0 Å². The maximum absolute atomic E-state index is 6.17. The number of hydrogen-bond acceptors (Lipinski definition) is 3. The van der Waals surface area contributed by atoms with E-state index in [1.807, 2.05) is 24.3 Å². The maximum atomic E-state index is 6.17. The fourth-order valence-corrected chi connectivity index (χ4v) is 3.48. The van der Waals surface area contributed by atoms with E-state index in [0.29, 0.717) is 0 Å². The Morgan fingerprint density at radius 3 is 2.20 bits per heavy atom. The molecule has 1 heterocycles. The third kappa shape index (κ3) is 5.84. The van der Waals surface area contributed by atoms with Crippen molar-refractivity contribution in [1.82, 2.24) is 9.80 Å². The Morgan fingerprint density at radius 1 is 0.920 bits per heavy atom. The largest absolute Gasteiger partial charge is 0.489 e. The molecule has 1 aliphatic heterocycles. The summed E-state index contributed by atoms with van der Waals surface area (Å²) in [5.74, 6) is 0.956. The highest BCUT2D eigenvalue weighted by molar-refractivity contribution is 9.10. The lowest BCUT2D eigenvalue weighted by molar-refractivity contribution is 0.0794. The number of rotatable bonds is 7. The third-order valence-electron chi connectivity index (χ3n) is 4.75. The lowest BCUT2D eigenvalue weighted by atomic mass is 10.2. The molecule has 134 valence electrons. The molecule has 3 rings (SSSR count). The van der Waals surface area contributed by atoms with Gasteiger partial charge in [-0.15, -0.1) is 0 Å². The Kier molecular flexibility index (Phi) is 6.91. The lowest BCUT2D eigenvalue weighted by Crippen LogP contribution is -2.48. The van der Waals surface area contributed by atoms with Crippen LogP contribution in [0.15, 0.2) is 59.1 Å². The van der Waals surface area contributed by atoms with E-state index in [2.05, 4.69) is 63.0 Å². The molecule has 1 atom stereocenters. The molecule has 2 aromatic carbocycles. The van der Waals surface area contributed by atoms with Crippen LogP contribution < -0.4 is 4.74 Å². The Labute approximate surface area is 159 Å². The number of halogens is 1. The average molecular weight is 403 g/mol. The second-order valence-corrected chi connectivity index (χ2v) is 7.58. The normalized spacial score (nSPS) is 17.4. The zero-order chi connectivity index (χ0) is 17.5. The van der Waals surface area contributed by atoms with Gasteiger partial charge >= 0.3 is 0 Å². The molecule has 0 aliphatic carbocycles. The number of benzene rings is 2. The van der Waals surface area contributed by atoms with Gasteiger partial charge in [-0.05, 0) is 36.2 Å². The quantitative estimate of drug-likeness (QED) is 0.681. The number of ether oxygens (including phenoxy) is 1. The Bertz CT molecular complexity index is 624. The molecular formula is C21H27BrN2O. The van der Waals surface area contributed by atoms with Gasteiger partial charge in [-0.25, -0.2) is 0 Å². The van der Waals surface area contributed by atoms with Crippen LogP contribution in [0.3, 0.4) is 0 Å². The first-order valence-electron chi connectivity index (χ1n) is 9.14. The minimum absolute atomic E-state index is 0.252. The Hall–Kier alpha value is -1.36. The average Bonchev–Trinajstić information content (AvgIpc) is 2.65. The SMILES string of the molecule is CCC(CN1CCN(Cc2ccccc2)CC1)Oc1ccc(Br)cc1. The van der Waals surface area contributed by atoms with Gasteiger partial charge in [0.1, 0.15) is 11.9 Å². The molecular weight excluding hydrogens is 376 g/mol. The molecule has 1 fully saturated rings. The van der Waals surface area contributed by atoms with Crippen molar-refractivity contribution in [3.63, 3.8) is 0 Å². The predicted molar refractivity (Wildman–Crippen MR) is 107 cm³/mol. The lowest BCUT2D eigenvalue weighted by Gasteiger charge is -2.36. The highest BCUT2D eigenvalue weighted by Gasteiger charge is 2.20. The van der Waals surface area contributed by atoms with Crippen molar-refractivity contribution in [3.05, 3.63) is 64.6 Å². The van der Waals surface area contributed by atoms with Crippen molar-refractivity contribution >= 4 is 15.9 Å². The van der Waals surface area contributed by atoms with Crippen molar-refractivity contribution in [3.8, 4) is 5.75 Å². The summed E-state index contributed by atoms with van der Waals surface area (Å²) in [4.78, 5) is 5.08. The first-order chi connectivity index (χ1) is 12.2. The summed E-state index contributed by atoms with van der Waals surface area (Å²) in [7, 11) is 0. The van der Waals surface area contributed by atoms with Crippen molar-refractivity contribution in [2.24, 2.45) is 0 Å². The predicted octanol–water partition coefficient (Wildman–Crippen LogP) is 4.42. The smallest absolute Gasteiger partial charge is 0.119 e. The van der Waals surface area contributed by atoms with E-state index < -0.39 is 0 Å². The van der Waals surface area contributed by atoms with Crippen molar-refractivity contribution < 1.29 is 4.74 Å². The second kappa shape index (κ2) is 9.37. The number of hydrogen-bond donors (Lipinski definition) is 0. The molecule has 25 heavy (non-hydrogen) atoms. The van der Waals surface area contributed by atoms with Gasteiger partial charge in [0.25, 0.3) is 0 Å². The van der Waals surface area contributed by atoms with Crippen LogP contribution >= 0.6 is 15.9 Å². The highest BCUT2D eigenvalue weighted by atomic mass is 79.9. The van der Waals surface area contributed by atoms with Gasteiger partial charge in [-0.2, -0.15) is 0 Å². The first-order valence-corrected chi connectivity index (χ1v) is 9.93. The van der Waals surface area contributed by atoms with Gasteiger partial charge in [0.15, 0.2) is 0 Å². The van der Waals surface area contributed by atoms with Gasteiger partial charge < -0.3 is 4.74 Å². The summed E-state index contributed by atoms with van der Waals surface area (Å²) in [5, 5.41) is 0. The third-order valence-corrected chi connectivity index (χ3v) is 5.28. The zero-order valence-corrected chi connectivity index (χ0v) is 16.5. The summed E-state index contributed by atoms with van der Waals surface area (Å²) in [6, 6.07) is 18.9. The molecule has 0 spiro atoms. The second-order valence-electron chi connectivity index (χ2n) is 6.66. The molecule has 0 amide bonds. The monoisotopic (exact) mass is 402 g/mol. The van der Waals surface area contributed by atoms with E-state index in [9.17, 15) is 0 Å². The summed E-state index contributed by atoms with van der Waals surface area (Å²) >= 11 is 3.47. The minimum atomic E-state index is 0.252. The molecule has 2 aromatic rings. The van der Waals surface area contributed by atoms with E-state index >= 15 is 0 Å². The van der Waals surface area contributed by atoms with Gasteiger partial charge in [-0.3, -0.25) is 9.80 Å². The van der Waals surface area contributed by atoms with Gasteiger partial charge in [0, 0.05) is 43.7 Å². The van der Waals surface area contributed by atoms with Crippen LogP contribution in [0.5, 0.6) is 5.75 Å². The first kappa shape index (κ1) is 18.4. The van der Waals surface area contributed by atoms with E-state index in [4.69, 9.17) is 4.74 Å². The molecule has 0 aromatic heterocycles. The van der Waals surface area contributed by atoms with Crippen LogP contribution in [0, 0.1) is 0 Å². The molecule has 0 radical (unpaired) electrons. The van der Waals surface area contributed by atoms with Crippen LogP contribution in [0.25, 0.3) is 0 Å². The molecule has 0 bridgehead atoms. The van der Waals surface area contributed by atoms with Crippen LogP contribution in [0.1, 0.15) is 18.9 Å². The van der Waals surface area contributed by atoms with Crippen LogP contribution in [-0.4, -0.2) is 48.6 Å². The summed E-state index contributed by atoms with van der Waals surface area (Å²) in [6.45, 7) is 8.76. The molecule has 4 heteroatoms. The Balaban J connectivity index is 1.44. The Morgan fingerprint density at radius 2 is 1.56 bits per heavy atom. The zero-order valence-electron chi connectivity index (χ0n) is 14.9. The fourth-order valence-electron chi connectivity index (χ4n) is 3.21. The molecule has 1 aliphatic rings. The molecule has 1 unspecified atom stereocenters. The number of nitrogens with zero attached hydrogens (tertiary/aromatic N) is 2. The van der Waals surface area contributed by atoms with E-state index in [0.717, 1.165) is 55.9 Å². The van der Waals surface area contributed by atoms with Gasteiger partial charge in [0.05, 0.1) is 0 Å². The topological polar surface area (TPSA) is 15.7 Å². The number of piperazine rings is 1.